The van der Waals surface area contributed by atoms with Gasteiger partial charge in [-0.3, -0.25) is 0 Å². The lowest BCUT2D eigenvalue weighted by Crippen LogP contribution is -2.50. The zero-order valence-corrected chi connectivity index (χ0v) is 19.3. The minimum atomic E-state index is -2.33. The standard InChI is InChI=1S/C24H34O8/c1-18(2)15-27-10-12-29-22(25)24(23(26)30-13-11-28-16-19(3)4)31-17-21(32-24)14-20-8-6-5-7-9-20/h5-9,17-19H,10-16H2,1-4H3. The van der Waals surface area contributed by atoms with E-state index in [-0.39, 0.29) is 26.4 Å². The summed E-state index contributed by atoms with van der Waals surface area (Å²) in [6, 6.07) is 9.47. The Hall–Kier alpha value is -2.58. The van der Waals surface area contributed by atoms with Crippen LogP contribution in [0.5, 0.6) is 0 Å². The Balaban J connectivity index is 1.96. The minimum Gasteiger partial charge on any atom is -0.457 e. The van der Waals surface area contributed by atoms with Crippen LogP contribution in [-0.4, -0.2) is 57.4 Å². The molecule has 0 aliphatic carbocycles. The molecular weight excluding hydrogens is 416 g/mol. The van der Waals surface area contributed by atoms with Crippen LogP contribution in [0, 0.1) is 11.8 Å². The van der Waals surface area contributed by atoms with Crippen molar-refractivity contribution in [2.75, 3.05) is 39.6 Å². The van der Waals surface area contributed by atoms with Crippen molar-refractivity contribution in [2.24, 2.45) is 11.8 Å². The molecule has 0 radical (unpaired) electrons. The Morgan fingerprint density at radius 1 is 0.844 bits per heavy atom. The molecule has 0 bridgehead atoms. The Morgan fingerprint density at radius 2 is 1.38 bits per heavy atom. The van der Waals surface area contributed by atoms with E-state index in [2.05, 4.69) is 0 Å². The number of carbonyl (C=O) groups excluding carboxylic acids is 2. The van der Waals surface area contributed by atoms with Crippen molar-refractivity contribution < 1.29 is 38.0 Å². The maximum absolute atomic E-state index is 12.8. The molecule has 0 unspecified atom stereocenters. The third-order valence-electron chi connectivity index (χ3n) is 4.21. The second kappa shape index (κ2) is 13.1. The Bertz CT molecular complexity index is 712. The van der Waals surface area contributed by atoms with Crippen LogP contribution in [0.15, 0.2) is 42.4 Å². The lowest BCUT2D eigenvalue weighted by molar-refractivity contribution is -0.220. The van der Waals surface area contributed by atoms with Crippen LogP contribution in [0.3, 0.4) is 0 Å². The summed E-state index contributed by atoms with van der Waals surface area (Å²) in [5, 5.41) is 0. The first-order valence-corrected chi connectivity index (χ1v) is 10.9. The summed E-state index contributed by atoms with van der Waals surface area (Å²) in [4.78, 5) is 25.6. The number of hydrogen-bond donors (Lipinski definition) is 0. The van der Waals surface area contributed by atoms with Gasteiger partial charge in [0.2, 0.25) is 0 Å². The number of rotatable bonds is 14. The maximum Gasteiger partial charge on any atom is 0.452 e. The minimum absolute atomic E-state index is 0.0428. The highest BCUT2D eigenvalue weighted by Crippen LogP contribution is 2.30. The number of benzene rings is 1. The van der Waals surface area contributed by atoms with Gasteiger partial charge in [0.05, 0.1) is 13.2 Å². The molecule has 1 aliphatic heterocycles. The second-order valence-electron chi connectivity index (χ2n) is 8.29. The van der Waals surface area contributed by atoms with Crippen molar-refractivity contribution in [3.8, 4) is 0 Å². The SMILES string of the molecule is CC(C)COCCOC(=O)C1(C(=O)OCCOCC(C)C)OC=C(Cc2ccccc2)O1. The molecule has 8 heteroatoms. The van der Waals surface area contributed by atoms with E-state index in [0.29, 0.717) is 37.2 Å². The zero-order chi connectivity index (χ0) is 23.4. The summed E-state index contributed by atoms with van der Waals surface area (Å²) < 4.78 is 32.3. The quantitative estimate of drug-likeness (QED) is 0.242. The van der Waals surface area contributed by atoms with E-state index < -0.39 is 17.7 Å². The number of hydrogen-bond acceptors (Lipinski definition) is 8. The van der Waals surface area contributed by atoms with Crippen molar-refractivity contribution in [2.45, 2.75) is 39.9 Å². The van der Waals surface area contributed by atoms with Gasteiger partial charge in [0.25, 0.3) is 0 Å². The summed E-state index contributed by atoms with van der Waals surface area (Å²) in [7, 11) is 0. The van der Waals surface area contributed by atoms with Gasteiger partial charge < -0.3 is 28.4 Å². The molecule has 2 rings (SSSR count). The van der Waals surface area contributed by atoms with Crippen molar-refractivity contribution in [3.63, 3.8) is 0 Å². The van der Waals surface area contributed by atoms with Gasteiger partial charge in [-0.05, 0) is 17.4 Å². The number of allylic oxidation sites excluding steroid dienone is 1. The average molecular weight is 451 g/mol. The third-order valence-corrected chi connectivity index (χ3v) is 4.21. The Morgan fingerprint density at radius 3 is 1.88 bits per heavy atom. The molecule has 0 saturated carbocycles. The van der Waals surface area contributed by atoms with E-state index in [4.69, 9.17) is 28.4 Å². The van der Waals surface area contributed by atoms with Crippen molar-refractivity contribution in [1.29, 1.82) is 0 Å². The number of ether oxygens (including phenoxy) is 6. The van der Waals surface area contributed by atoms with Gasteiger partial charge in [-0.1, -0.05) is 58.0 Å². The molecule has 0 atom stereocenters. The molecule has 1 aliphatic rings. The van der Waals surface area contributed by atoms with Crippen molar-refractivity contribution >= 4 is 11.9 Å². The normalized spacial score (nSPS) is 14.6. The molecule has 1 aromatic carbocycles. The first-order valence-electron chi connectivity index (χ1n) is 10.9. The summed E-state index contributed by atoms with van der Waals surface area (Å²) in [5.41, 5.74) is 0.934. The van der Waals surface area contributed by atoms with Gasteiger partial charge in [0, 0.05) is 19.6 Å². The topological polar surface area (TPSA) is 89.5 Å². The van der Waals surface area contributed by atoms with Gasteiger partial charge in [0.15, 0.2) is 0 Å². The molecule has 0 aromatic heterocycles. The van der Waals surface area contributed by atoms with Crippen LogP contribution in [0.1, 0.15) is 33.3 Å². The number of carbonyl (C=O) groups is 2. The van der Waals surface area contributed by atoms with E-state index in [0.717, 1.165) is 5.56 Å². The molecule has 1 aromatic rings. The van der Waals surface area contributed by atoms with Crippen molar-refractivity contribution in [3.05, 3.63) is 47.9 Å². The average Bonchev–Trinajstić information content (AvgIpc) is 3.18. The largest absolute Gasteiger partial charge is 0.457 e. The van der Waals surface area contributed by atoms with Crippen LogP contribution in [-0.2, 0) is 44.4 Å². The van der Waals surface area contributed by atoms with Gasteiger partial charge >= 0.3 is 17.7 Å². The second-order valence-corrected chi connectivity index (χ2v) is 8.29. The summed E-state index contributed by atoms with van der Waals surface area (Å²) >= 11 is 0. The highest BCUT2D eigenvalue weighted by Gasteiger charge is 2.58. The molecule has 8 nitrogen and oxygen atoms in total. The van der Waals surface area contributed by atoms with E-state index >= 15 is 0 Å². The summed E-state index contributed by atoms with van der Waals surface area (Å²) in [6.07, 6.45) is 1.60. The lowest BCUT2D eigenvalue weighted by Gasteiger charge is -2.24. The first kappa shape index (κ1) is 25.7. The smallest absolute Gasteiger partial charge is 0.452 e. The van der Waals surface area contributed by atoms with Crippen molar-refractivity contribution in [1.82, 2.24) is 0 Å². The van der Waals surface area contributed by atoms with E-state index in [1.54, 1.807) is 0 Å². The first-order chi connectivity index (χ1) is 15.3. The fourth-order valence-electron chi connectivity index (χ4n) is 2.73. The van der Waals surface area contributed by atoms with Gasteiger partial charge in [0.1, 0.15) is 25.2 Å². The highest BCUT2D eigenvalue weighted by atomic mass is 16.8. The zero-order valence-electron chi connectivity index (χ0n) is 19.3. The van der Waals surface area contributed by atoms with E-state index in [1.165, 1.54) is 6.26 Å². The monoisotopic (exact) mass is 450 g/mol. The molecular formula is C24H34O8. The number of esters is 2. The lowest BCUT2D eigenvalue weighted by atomic mass is 10.1. The molecule has 0 saturated heterocycles. The molecule has 0 spiro atoms. The summed E-state index contributed by atoms with van der Waals surface area (Å²) in [5.74, 6) is -3.28. The highest BCUT2D eigenvalue weighted by molar-refractivity contribution is 6.02. The maximum atomic E-state index is 12.8. The van der Waals surface area contributed by atoms with Crippen LogP contribution in [0.25, 0.3) is 0 Å². The molecule has 0 N–H and O–H groups in total. The molecule has 0 fully saturated rings. The molecule has 178 valence electrons. The van der Waals surface area contributed by atoms with Gasteiger partial charge in [-0.2, -0.15) is 0 Å². The van der Waals surface area contributed by atoms with Crippen LogP contribution in [0.4, 0.5) is 0 Å². The van der Waals surface area contributed by atoms with Crippen LogP contribution >= 0.6 is 0 Å². The van der Waals surface area contributed by atoms with Crippen LogP contribution in [0.2, 0.25) is 0 Å². The Kier molecular flexibility index (Phi) is 10.5. The molecule has 0 amide bonds. The molecule has 32 heavy (non-hydrogen) atoms. The summed E-state index contributed by atoms with van der Waals surface area (Å²) in [6.45, 7) is 9.45. The fraction of sp³-hybridized carbons (Fsp3) is 0.583. The predicted octanol–water partition coefficient (Wildman–Crippen LogP) is 3.25. The van der Waals surface area contributed by atoms with E-state index in [1.807, 2.05) is 58.0 Å². The molecule has 1 heterocycles. The van der Waals surface area contributed by atoms with E-state index in [9.17, 15) is 9.59 Å². The van der Waals surface area contributed by atoms with Gasteiger partial charge in [-0.15, -0.1) is 0 Å². The fourth-order valence-corrected chi connectivity index (χ4v) is 2.73. The van der Waals surface area contributed by atoms with Gasteiger partial charge in [-0.25, -0.2) is 9.59 Å². The third kappa shape index (κ3) is 8.16. The van der Waals surface area contributed by atoms with Crippen LogP contribution < -0.4 is 0 Å². The Labute approximate surface area is 189 Å². The predicted molar refractivity (Wildman–Crippen MR) is 116 cm³/mol.